The molecule has 1 aromatic rings. The van der Waals surface area contributed by atoms with E-state index < -0.39 is 11.9 Å². The molecule has 0 saturated carbocycles. The first-order valence-electron chi connectivity index (χ1n) is 4.78. The molecule has 1 heterocycles. The first kappa shape index (κ1) is 11.4. The van der Waals surface area contributed by atoms with Crippen molar-refractivity contribution in [2.45, 2.75) is 33.2 Å². The molecule has 5 nitrogen and oxygen atoms in total. The number of nitrogens with zero attached hydrogens (tertiary/aromatic N) is 2. The van der Waals surface area contributed by atoms with Crippen LogP contribution >= 0.6 is 0 Å². The topological polar surface area (TPSA) is 72.2 Å². The molecule has 0 aliphatic rings. The van der Waals surface area contributed by atoms with Crippen LogP contribution in [-0.2, 0) is 11.3 Å². The Kier molecular flexibility index (Phi) is 3.24. The Balaban J connectivity index is 3.34. The van der Waals surface area contributed by atoms with Crippen molar-refractivity contribution >= 4 is 5.97 Å². The third-order valence-corrected chi connectivity index (χ3v) is 2.43. The lowest BCUT2D eigenvalue weighted by atomic mass is 10.1. The normalized spacial score (nSPS) is 12.5. The summed E-state index contributed by atoms with van der Waals surface area (Å²) in [4.78, 5) is 26.6. The maximum absolute atomic E-state index is 11.8. The van der Waals surface area contributed by atoms with Crippen LogP contribution < -0.4 is 5.56 Å². The fourth-order valence-electron chi connectivity index (χ4n) is 1.39. The van der Waals surface area contributed by atoms with Gasteiger partial charge in [0.15, 0.2) is 0 Å². The molecular weight excluding hydrogens is 196 g/mol. The van der Waals surface area contributed by atoms with Gasteiger partial charge in [-0.3, -0.25) is 14.2 Å². The predicted molar refractivity (Wildman–Crippen MR) is 55.0 cm³/mol. The van der Waals surface area contributed by atoms with Crippen molar-refractivity contribution in [3.63, 3.8) is 0 Å². The van der Waals surface area contributed by atoms with Crippen molar-refractivity contribution in [1.29, 1.82) is 0 Å². The molecule has 0 aliphatic heterocycles. The largest absolute Gasteiger partial charge is 0.481 e. The van der Waals surface area contributed by atoms with Gasteiger partial charge in [0.05, 0.1) is 5.92 Å². The summed E-state index contributed by atoms with van der Waals surface area (Å²) in [6, 6.07) is 0. The Morgan fingerprint density at radius 1 is 1.67 bits per heavy atom. The standard InChI is InChI=1S/C10H14N2O3/c1-4-12-7(3)11-5-8(9(12)13)6(2)10(14)15/h5-6H,4H2,1-3H3,(H,14,15). The predicted octanol–water partition coefficient (Wildman–Crippen LogP) is 0.760. The van der Waals surface area contributed by atoms with E-state index in [0.29, 0.717) is 12.4 Å². The highest BCUT2D eigenvalue weighted by Gasteiger charge is 2.19. The SMILES string of the molecule is CCn1c(C)ncc(C(C)C(=O)O)c1=O. The number of hydrogen-bond acceptors (Lipinski definition) is 3. The zero-order chi connectivity index (χ0) is 11.6. The quantitative estimate of drug-likeness (QED) is 0.799. The van der Waals surface area contributed by atoms with Crippen LogP contribution in [0.5, 0.6) is 0 Å². The molecule has 0 spiro atoms. The molecule has 0 bridgehead atoms. The van der Waals surface area contributed by atoms with E-state index in [4.69, 9.17) is 5.11 Å². The second-order valence-electron chi connectivity index (χ2n) is 3.37. The van der Waals surface area contributed by atoms with Crippen LogP contribution in [0.15, 0.2) is 11.0 Å². The van der Waals surface area contributed by atoms with E-state index in [0.717, 1.165) is 0 Å². The zero-order valence-corrected chi connectivity index (χ0v) is 9.02. The average Bonchev–Trinajstić information content (AvgIpc) is 2.17. The van der Waals surface area contributed by atoms with E-state index in [1.165, 1.54) is 17.7 Å². The summed E-state index contributed by atoms with van der Waals surface area (Å²) >= 11 is 0. The van der Waals surface area contributed by atoms with Crippen LogP contribution in [0.3, 0.4) is 0 Å². The molecule has 0 aromatic carbocycles. The van der Waals surface area contributed by atoms with Gasteiger partial charge >= 0.3 is 5.97 Å². The van der Waals surface area contributed by atoms with Gasteiger partial charge < -0.3 is 5.11 Å². The van der Waals surface area contributed by atoms with Gasteiger partial charge in [0.1, 0.15) is 5.82 Å². The Morgan fingerprint density at radius 2 is 2.27 bits per heavy atom. The van der Waals surface area contributed by atoms with Crippen LogP contribution in [0.2, 0.25) is 0 Å². The molecule has 0 fully saturated rings. The minimum atomic E-state index is -1.01. The third-order valence-electron chi connectivity index (χ3n) is 2.43. The first-order valence-corrected chi connectivity index (χ1v) is 4.78. The lowest BCUT2D eigenvalue weighted by Crippen LogP contribution is -2.29. The number of carboxylic acids is 1. The Morgan fingerprint density at radius 3 is 2.73 bits per heavy atom. The van der Waals surface area contributed by atoms with Crippen molar-refractivity contribution in [2.24, 2.45) is 0 Å². The van der Waals surface area contributed by atoms with E-state index in [9.17, 15) is 9.59 Å². The van der Waals surface area contributed by atoms with Gasteiger partial charge in [0, 0.05) is 18.3 Å². The second-order valence-corrected chi connectivity index (χ2v) is 3.37. The van der Waals surface area contributed by atoms with E-state index in [1.807, 2.05) is 6.92 Å². The molecule has 1 aromatic heterocycles. The van der Waals surface area contributed by atoms with Gasteiger partial charge in [-0.25, -0.2) is 4.98 Å². The molecule has 0 amide bonds. The third kappa shape index (κ3) is 2.06. The lowest BCUT2D eigenvalue weighted by molar-refractivity contribution is -0.138. The molecule has 82 valence electrons. The molecule has 5 heteroatoms. The van der Waals surface area contributed by atoms with Crippen molar-refractivity contribution < 1.29 is 9.90 Å². The number of aromatic nitrogens is 2. The Hall–Kier alpha value is -1.65. The van der Waals surface area contributed by atoms with Crippen LogP contribution in [0.1, 0.15) is 31.2 Å². The van der Waals surface area contributed by atoms with Gasteiger partial charge in [-0.15, -0.1) is 0 Å². The molecule has 1 atom stereocenters. The van der Waals surface area contributed by atoms with E-state index >= 15 is 0 Å². The average molecular weight is 210 g/mol. The summed E-state index contributed by atoms with van der Waals surface area (Å²) in [6.45, 7) is 5.53. The first-order chi connectivity index (χ1) is 6.99. The molecule has 1 unspecified atom stereocenters. The van der Waals surface area contributed by atoms with Crippen LogP contribution in [-0.4, -0.2) is 20.6 Å². The summed E-state index contributed by atoms with van der Waals surface area (Å²) in [5.41, 5.74) is -0.0325. The van der Waals surface area contributed by atoms with Crippen molar-refractivity contribution in [1.82, 2.24) is 9.55 Å². The Labute approximate surface area is 87.4 Å². The van der Waals surface area contributed by atoms with Gasteiger partial charge in [-0.05, 0) is 20.8 Å². The Bertz CT molecular complexity index is 437. The number of aliphatic carboxylic acids is 1. The van der Waals surface area contributed by atoms with Gasteiger partial charge in [-0.1, -0.05) is 0 Å². The summed E-state index contributed by atoms with van der Waals surface area (Å²) in [5.74, 6) is -1.23. The number of rotatable bonds is 3. The molecule has 0 saturated heterocycles. The summed E-state index contributed by atoms with van der Waals surface area (Å²) in [7, 11) is 0. The van der Waals surface area contributed by atoms with Crippen LogP contribution in [0.25, 0.3) is 0 Å². The lowest BCUT2D eigenvalue weighted by Gasteiger charge is -2.10. The summed E-state index contributed by atoms with van der Waals surface area (Å²) in [5, 5.41) is 8.82. The highest BCUT2D eigenvalue weighted by molar-refractivity contribution is 5.75. The molecule has 0 aliphatic carbocycles. The molecule has 1 N–H and O–H groups in total. The maximum atomic E-state index is 11.8. The highest BCUT2D eigenvalue weighted by Crippen LogP contribution is 2.09. The fraction of sp³-hybridized carbons (Fsp3) is 0.500. The summed E-state index contributed by atoms with van der Waals surface area (Å²) < 4.78 is 1.47. The molecule has 0 radical (unpaired) electrons. The molecule has 1 rings (SSSR count). The van der Waals surface area contributed by atoms with Crippen molar-refractivity contribution in [3.05, 3.63) is 27.9 Å². The van der Waals surface area contributed by atoms with E-state index in [1.54, 1.807) is 6.92 Å². The molecule has 15 heavy (non-hydrogen) atoms. The number of hydrogen-bond donors (Lipinski definition) is 1. The highest BCUT2D eigenvalue weighted by atomic mass is 16.4. The van der Waals surface area contributed by atoms with Crippen molar-refractivity contribution in [3.8, 4) is 0 Å². The number of carbonyl (C=O) groups is 1. The number of aryl methyl sites for hydroxylation is 1. The van der Waals surface area contributed by atoms with Gasteiger partial charge in [0.25, 0.3) is 5.56 Å². The van der Waals surface area contributed by atoms with Crippen molar-refractivity contribution in [2.75, 3.05) is 0 Å². The van der Waals surface area contributed by atoms with E-state index in [2.05, 4.69) is 4.98 Å². The zero-order valence-electron chi connectivity index (χ0n) is 9.02. The minimum absolute atomic E-state index is 0.231. The van der Waals surface area contributed by atoms with Crippen LogP contribution in [0.4, 0.5) is 0 Å². The minimum Gasteiger partial charge on any atom is -0.481 e. The summed E-state index contributed by atoms with van der Waals surface area (Å²) in [6.07, 6.45) is 1.35. The van der Waals surface area contributed by atoms with Gasteiger partial charge in [0.2, 0.25) is 0 Å². The monoisotopic (exact) mass is 210 g/mol. The maximum Gasteiger partial charge on any atom is 0.310 e. The molecular formula is C10H14N2O3. The number of carboxylic acid groups (broad SMARTS) is 1. The van der Waals surface area contributed by atoms with E-state index in [-0.39, 0.29) is 11.1 Å². The second kappa shape index (κ2) is 4.25. The smallest absolute Gasteiger partial charge is 0.310 e. The van der Waals surface area contributed by atoms with Gasteiger partial charge in [-0.2, -0.15) is 0 Å². The fourth-order valence-corrected chi connectivity index (χ4v) is 1.39. The van der Waals surface area contributed by atoms with Crippen LogP contribution in [0, 0.1) is 6.92 Å².